The number of rotatable bonds is 2. The summed E-state index contributed by atoms with van der Waals surface area (Å²) < 4.78 is 6.03. The van der Waals surface area contributed by atoms with E-state index in [0.717, 1.165) is 0 Å². The normalized spacial score (nSPS) is 12.6. The Morgan fingerprint density at radius 1 is 1.83 bits per heavy atom. The predicted octanol–water partition coefficient (Wildman–Crippen LogP) is -0.0848. The molecule has 1 atom stereocenters. The molecule has 0 saturated carbocycles. The van der Waals surface area contributed by atoms with Crippen molar-refractivity contribution in [1.29, 1.82) is 0 Å². The number of hydrogen-bond donors (Lipinski definition) is 1. The average molecular weight is 170 g/mol. The van der Waals surface area contributed by atoms with Crippen LogP contribution in [0.4, 0.5) is 0 Å². The van der Waals surface area contributed by atoms with E-state index in [-0.39, 0.29) is 5.82 Å². The third-order valence-electron chi connectivity index (χ3n) is 1.28. The average Bonchev–Trinajstić information content (AvgIpc) is 2.33. The lowest BCUT2D eigenvalue weighted by Crippen LogP contribution is -2.17. The summed E-state index contributed by atoms with van der Waals surface area (Å²) in [6.07, 6.45) is 2.01. The minimum atomic E-state index is -1.10. The summed E-state index contributed by atoms with van der Waals surface area (Å²) in [4.78, 5) is 14.8. The molecule has 0 radical (unpaired) electrons. The van der Waals surface area contributed by atoms with Crippen LogP contribution in [0.2, 0.25) is 0 Å². The smallest absolute Gasteiger partial charge is 0.376 e. The van der Waals surface area contributed by atoms with Gasteiger partial charge in [0.05, 0.1) is 0 Å². The van der Waals surface area contributed by atoms with Gasteiger partial charge < -0.3 is 14.4 Å². The number of aliphatic hydroxyl groups is 1. The van der Waals surface area contributed by atoms with Gasteiger partial charge in [0.15, 0.2) is 6.29 Å². The van der Waals surface area contributed by atoms with Gasteiger partial charge in [-0.2, -0.15) is 0 Å². The molecule has 0 aromatic carbocycles. The number of hydrogen-bond acceptors (Lipinski definition) is 4. The number of carbonyl (C=O) groups excluding carboxylic acids is 1. The van der Waals surface area contributed by atoms with E-state index in [0.29, 0.717) is 0 Å². The van der Waals surface area contributed by atoms with E-state index in [9.17, 15) is 4.79 Å². The highest BCUT2D eigenvalue weighted by atomic mass is 16.6. The molecule has 1 aromatic rings. The number of aromatic nitrogens is 2. The first kappa shape index (κ1) is 8.73. The lowest BCUT2D eigenvalue weighted by molar-refractivity contribution is -0.0534. The molecule has 12 heavy (non-hydrogen) atoms. The zero-order chi connectivity index (χ0) is 9.14. The topological polar surface area (TPSA) is 64.3 Å². The first-order valence-electron chi connectivity index (χ1n) is 3.47. The molecule has 0 aliphatic rings. The van der Waals surface area contributed by atoms with Gasteiger partial charge in [-0.15, -0.1) is 0 Å². The second-order valence-corrected chi connectivity index (χ2v) is 2.37. The molecule has 1 aromatic heterocycles. The molecule has 0 amide bonds. The van der Waals surface area contributed by atoms with Crippen LogP contribution >= 0.6 is 0 Å². The van der Waals surface area contributed by atoms with Gasteiger partial charge in [0.25, 0.3) is 0 Å². The van der Waals surface area contributed by atoms with Crippen LogP contribution < -0.4 is 0 Å². The number of nitrogens with zero attached hydrogens (tertiary/aromatic N) is 2. The van der Waals surface area contributed by atoms with E-state index in [1.54, 1.807) is 13.2 Å². The van der Waals surface area contributed by atoms with Crippen LogP contribution in [0.25, 0.3) is 0 Å². The number of imidazole rings is 1. The fourth-order valence-electron chi connectivity index (χ4n) is 0.770. The molecule has 5 nitrogen and oxygen atoms in total. The van der Waals surface area contributed by atoms with Crippen molar-refractivity contribution in [3.63, 3.8) is 0 Å². The van der Waals surface area contributed by atoms with E-state index in [1.807, 2.05) is 0 Å². The van der Waals surface area contributed by atoms with Gasteiger partial charge >= 0.3 is 5.97 Å². The lowest BCUT2D eigenvalue weighted by Gasteiger charge is -2.05. The van der Waals surface area contributed by atoms with Crippen molar-refractivity contribution >= 4 is 5.97 Å². The number of ether oxygens (including phenoxy) is 1. The van der Waals surface area contributed by atoms with Crippen molar-refractivity contribution in [2.45, 2.75) is 13.2 Å². The Kier molecular flexibility index (Phi) is 2.44. The third-order valence-corrected chi connectivity index (χ3v) is 1.28. The van der Waals surface area contributed by atoms with Crippen LogP contribution in [0.3, 0.4) is 0 Å². The Hall–Kier alpha value is -1.36. The molecule has 1 unspecified atom stereocenters. The number of aliphatic hydroxyl groups excluding tert-OH is 1. The molecule has 1 rings (SSSR count). The highest BCUT2D eigenvalue weighted by Gasteiger charge is 2.13. The Morgan fingerprint density at radius 3 is 2.92 bits per heavy atom. The molecule has 1 N–H and O–H groups in total. The zero-order valence-electron chi connectivity index (χ0n) is 6.89. The van der Waals surface area contributed by atoms with Crippen molar-refractivity contribution in [3.05, 3.63) is 18.2 Å². The summed E-state index contributed by atoms with van der Waals surface area (Å²) in [5, 5.41) is 8.73. The van der Waals surface area contributed by atoms with Crippen LogP contribution in [0, 0.1) is 0 Å². The molecule has 0 aliphatic carbocycles. The third kappa shape index (κ3) is 1.82. The highest BCUT2D eigenvalue weighted by Crippen LogP contribution is 1.98. The monoisotopic (exact) mass is 170 g/mol. The molecular formula is C7H10N2O3. The van der Waals surface area contributed by atoms with Crippen molar-refractivity contribution in [2.24, 2.45) is 7.05 Å². The Morgan fingerprint density at radius 2 is 2.50 bits per heavy atom. The van der Waals surface area contributed by atoms with Gasteiger partial charge in [-0.05, 0) is 6.92 Å². The van der Waals surface area contributed by atoms with Crippen LogP contribution in [-0.2, 0) is 11.8 Å². The van der Waals surface area contributed by atoms with Crippen LogP contribution in [0.15, 0.2) is 12.4 Å². The van der Waals surface area contributed by atoms with Crippen molar-refractivity contribution < 1.29 is 14.6 Å². The van der Waals surface area contributed by atoms with Crippen molar-refractivity contribution in [3.8, 4) is 0 Å². The summed E-state index contributed by atoms with van der Waals surface area (Å²) in [6.45, 7) is 1.36. The second-order valence-electron chi connectivity index (χ2n) is 2.37. The van der Waals surface area contributed by atoms with Crippen LogP contribution in [0.1, 0.15) is 17.5 Å². The van der Waals surface area contributed by atoms with Crippen molar-refractivity contribution in [1.82, 2.24) is 9.55 Å². The molecule has 5 heteroatoms. The maximum atomic E-state index is 11.1. The molecule has 0 spiro atoms. The van der Waals surface area contributed by atoms with Crippen molar-refractivity contribution in [2.75, 3.05) is 0 Å². The van der Waals surface area contributed by atoms with E-state index >= 15 is 0 Å². The molecule has 0 bridgehead atoms. The molecule has 66 valence electrons. The van der Waals surface area contributed by atoms with Gasteiger partial charge in [0.1, 0.15) is 0 Å². The summed E-state index contributed by atoms with van der Waals surface area (Å²) >= 11 is 0. The van der Waals surface area contributed by atoms with Gasteiger partial charge in [-0.3, -0.25) is 0 Å². The fraction of sp³-hybridized carbons (Fsp3) is 0.429. The van der Waals surface area contributed by atoms with E-state index < -0.39 is 12.3 Å². The summed E-state index contributed by atoms with van der Waals surface area (Å²) in [7, 11) is 1.67. The second kappa shape index (κ2) is 3.36. The van der Waals surface area contributed by atoms with Gasteiger partial charge in [0, 0.05) is 19.4 Å². The highest BCUT2D eigenvalue weighted by molar-refractivity contribution is 5.85. The Labute approximate surface area is 69.6 Å². The first-order chi connectivity index (χ1) is 5.61. The first-order valence-corrected chi connectivity index (χ1v) is 3.47. The van der Waals surface area contributed by atoms with Gasteiger partial charge in [-0.25, -0.2) is 9.78 Å². The minimum absolute atomic E-state index is 0.177. The fourth-order valence-corrected chi connectivity index (χ4v) is 0.770. The summed E-state index contributed by atoms with van der Waals surface area (Å²) in [6, 6.07) is 0. The largest absolute Gasteiger partial charge is 0.430 e. The summed E-state index contributed by atoms with van der Waals surface area (Å²) in [5.74, 6) is -0.451. The maximum absolute atomic E-state index is 11.1. The Balaban J connectivity index is 2.72. The number of carbonyl (C=O) groups is 1. The Bertz CT molecular complexity index is 280. The number of esters is 1. The molecular weight excluding hydrogens is 160 g/mol. The lowest BCUT2D eigenvalue weighted by atomic mass is 10.6. The number of aryl methyl sites for hydroxylation is 1. The summed E-state index contributed by atoms with van der Waals surface area (Å²) in [5.41, 5.74) is 0. The van der Waals surface area contributed by atoms with Crippen LogP contribution in [0.5, 0.6) is 0 Å². The molecule has 0 saturated heterocycles. The van der Waals surface area contributed by atoms with Crippen LogP contribution in [-0.4, -0.2) is 26.9 Å². The van der Waals surface area contributed by atoms with Gasteiger partial charge in [-0.1, -0.05) is 0 Å². The minimum Gasteiger partial charge on any atom is -0.430 e. The SMILES string of the molecule is CC(O)OC(=O)c1nccn1C. The van der Waals surface area contributed by atoms with E-state index in [2.05, 4.69) is 9.72 Å². The molecule has 0 aliphatic heterocycles. The van der Waals surface area contributed by atoms with E-state index in [4.69, 9.17) is 5.11 Å². The predicted molar refractivity (Wildman–Crippen MR) is 40.3 cm³/mol. The standard InChI is InChI=1S/C7H10N2O3/c1-5(10)12-7(11)6-8-3-4-9(6)2/h3-5,10H,1-2H3. The molecule has 0 fully saturated rings. The zero-order valence-corrected chi connectivity index (χ0v) is 6.89. The quantitative estimate of drug-likeness (QED) is 0.498. The molecule has 1 heterocycles. The van der Waals surface area contributed by atoms with E-state index in [1.165, 1.54) is 17.7 Å². The maximum Gasteiger partial charge on any atom is 0.376 e. The van der Waals surface area contributed by atoms with Gasteiger partial charge in [0.2, 0.25) is 5.82 Å².